The topological polar surface area (TPSA) is 79.6 Å². The van der Waals surface area contributed by atoms with Gasteiger partial charge in [0.15, 0.2) is 0 Å². The number of nitrogens with zero attached hydrogens (tertiary/aromatic N) is 1. The van der Waals surface area contributed by atoms with Crippen LogP contribution in [-0.2, 0) is 21.4 Å². The summed E-state index contributed by atoms with van der Waals surface area (Å²) in [4.78, 5) is 12.5. The molecule has 1 heterocycles. The van der Waals surface area contributed by atoms with Crippen molar-refractivity contribution < 1.29 is 17.6 Å². The predicted octanol–water partition coefficient (Wildman–Crippen LogP) is 2.45. The molecule has 2 aromatic rings. The zero-order valence-corrected chi connectivity index (χ0v) is 14.8. The maximum absolute atomic E-state index is 12.5. The van der Waals surface area contributed by atoms with Gasteiger partial charge in [-0.15, -0.1) is 0 Å². The van der Waals surface area contributed by atoms with Crippen LogP contribution in [0.5, 0.6) is 0 Å². The van der Waals surface area contributed by atoms with Gasteiger partial charge in [0.25, 0.3) is 0 Å². The highest BCUT2D eigenvalue weighted by Crippen LogP contribution is 2.23. The van der Waals surface area contributed by atoms with E-state index in [1.807, 2.05) is 19.1 Å². The van der Waals surface area contributed by atoms with E-state index in [2.05, 4.69) is 5.32 Å². The van der Waals surface area contributed by atoms with Crippen LogP contribution in [0.2, 0.25) is 0 Å². The minimum atomic E-state index is -3.61. The summed E-state index contributed by atoms with van der Waals surface area (Å²) in [6, 6.07) is 9.71. The number of carbonyl (C=O) groups excluding carboxylic acids is 1. The molecule has 0 aliphatic carbocycles. The fourth-order valence-electron chi connectivity index (χ4n) is 2.46. The molecule has 0 fully saturated rings. The monoisotopic (exact) mass is 350 g/mol. The third-order valence-corrected chi connectivity index (χ3v) is 4.82. The molecule has 24 heavy (non-hydrogen) atoms. The lowest BCUT2D eigenvalue weighted by Crippen LogP contribution is -2.49. The molecule has 2 rings (SSSR count). The molecule has 130 valence electrons. The third kappa shape index (κ3) is 4.38. The Balaban J connectivity index is 2.25. The van der Waals surface area contributed by atoms with Gasteiger partial charge in [0.1, 0.15) is 11.8 Å². The zero-order valence-electron chi connectivity index (χ0n) is 14.0. The lowest BCUT2D eigenvalue weighted by molar-refractivity contribution is -0.122. The summed E-state index contributed by atoms with van der Waals surface area (Å²) in [6.45, 7) is 3.92. The van der Waals surface area contributed by atoms with E-state index in [4.69, 9.17) is 4.42 Å². The second-order valence-electron chi connectivity index (χ2n) is 5.62. The summed E-state index contributed by atoms with van der Waals surface area (Å²) in [5, 5.41) is 2.73. The molecule has 1 aromatic carbocycles. The van der Waals surface area contributed by atoms with Crippen LogP contribution in [0, 0.1) is 6.92 Å². The maximum Gasteiger partial charge on any atom is 0.244 e. The standard InChI is InChI=1S/C17H22N2O4S/c1-4-16(17(20)18-12-15-6-5-11-23-15)19(24(3,21)22)14-9-7-13(2)8-10-14/h5-11,16H,4,12H2,1-3H3,(H,18,20)/t16-/m1/s1. The van der Waals surface area contributed by atoms with Gasteiger partial charge < -0.3 is 9.73 Å². The Morgan fingerprint density at radius 1 is 1.25 bits per heavy atom. The first-order valence-corrected chi connectivity index (χ1v) is 9.54. The molecule has 1 N–H and O–H groups in total. The molecule has 0 spiro atoms. The highest BCUT2D eigenvalue weighted by molar-refractivity contribution is 7.92. The highest BCUT2D eigenvalue weighted by Gasteiger charge is 2.31. The summed E-state index contributed by atoms with van der Waals surface area (Å²) in [6.07, 6.45) is 2.98. The quantitative estimate of drug-likeness (QED) is 0.832. The number of amides is 1. The number of carbonyl (C=O) groups is 1. The summed E-state index contributed by atoms with van der Waals surface area (Å²) >= 11 is 0. The van der Waals surface area contributed by atoms with Crippen molar-refractivity contribution >= 4 is 21.6 Å². The number of aryl methyl sites for hydroxylation is 1. The molecule has 1 aromatic heterocycles. The molecule has 0 aliphatic rings. The van der Waals surface area contributed by atoms with Crippen LogP contribution in [-0.4, -0.2) is 26.6 Å². The first kappa shape index (κ1) is 18.1. The second kappa shape index (κ2) is 7.53. The van der Waals surface area contributed by atoms with Crippen molar-refractivity contribution in [2.45, 2.75) is 32.9 Å². The molecule has 7 heteroatoms. The van der Waals surface area contributed by atoms with E-state index >= 15 is 0 Å². The first-order valence-electron chi connectivity index (χ1n) is 7.69. The van der Waals surface area contributed by atoms with Crippen molar-refractivity contribution in [3.63, 3.8) is 0 Å². The lowest BCUT2D eigenvalue weighted by Gasteiger charge is -2.30. The number of hydrogen-bond donors (Lipinski definition) is 1. The number of rotatable bonds is 7. The third-order valence-electron chi connectivity index (χ3n) is 3.64. The van der Waals surface area contributed by atoms with E-state index in [-0.39, 0.29) is 12.5 Å². The molecule has 1 amide bonds. The number of nitrogens with one attached hydrogen (secondary N) is 1. The van der Waals surface area contributed by atoms with Gasteiger partial charge >= 0.3 is 0 Å². The molecule has 0 saturated heterocycles. The Morgan fingerprint density at radius 3 is 2.42 bits per heavy atom. The largest absolute Gasteiger partial charge is 0.467 e. The van der Waals surface area contributed by atoms with E-state index in [0.717, 1.165) is 11.8 Å². The van der Waals surface area contributed by atoms with Crippen molar-refractivity contribution in [1.29, 1.82) is 0 Å². The van der Waals surface area contributed by atoms with Crippen molar-refractivity contribution in [3.05, 3.63) is 54.0 Å². The van der Waals surface area contributed by atoms with E-state index in [1.54, 1.807) is 31.2 Å². The van der Waals surface area contributed by atoms with Crippen molar-refractivity contribution in [3.8, 4) is 0 Å². The normalized spacial score (nSPS) is 12.6. The van der Waals surface area contributed by atoms with Crippen LogP contribution in [0.4, 0.5) is 5.69 Å². The molecule has 0 unspecified atom stereocenters. The summed E-state index contributed by atoms with van der Waals surface area (Å²) in [7, 11) is -3.61. The summed E-state index contributed by atoms with van der Waals surface area (Å²) in [5.74, 6) is 0.249. The number of furan rings is 1. The van der Waals surface area contributed by atoms with Crippen LogP contribution in [0.1, 0.15) is 24.7 Å². The molecular weight excluding hydrogens is 328 g/mol. The Morgan fingerprint density at radius 2 is 1.92 bits per heavy atom. The average molecular weight is 350 g/mol. The first-order chi connectivity index (χ1) is 11.3. The Kier molecular flexibility index (Phi) is 5.66. The summed E-state index contributed by atoms with van der Waals surface area (Å²) < 4.78 is 30.9. The van der Waals surface area contributed by atoms with Crippen LogP contribution in [0.25, 0.3) is 0 Å². The molecule has 1 atom stereocenters. The number of benzene rings is 1. The van der Waals surface area contributed by atoms with Gasteiger partial charge in [-0.2, -0.15) is 0 Å². The van der Waals surface area contributed by atoms with E-state index in [9.17, 15) is 13.2 Å². The van der Waals surface area contributed by atoms with E-state index in [1.165, 1.54) is 10.6 Å². The maximum atomic E-state index is 12.5. The predicted molar refractivity (Wildman–Crippen MR) is 93.1 cm³/mol. The molecule has 0 saturated carbocycles. The molecule has 0 radical (unpaired) electrons. The fourth-order valence-corrected chi connectivity index (χ4v) is 3.67. The molecule has 6 nitrogen and oxygen atoms in total. The van der Waals surface area contributed by atoms with Gasteiger partial charge in [0.2, 0.25) is 15.9 Å². The number of anilines is 1. The molecular formula is C17H22N2O4S. The van der Waals surface area contributed by atoms with Gasteiger partial charge in [0.05, 0.1) is 24.8 Å². The minimum absolute atomic E-state index is 0.216. The van der Waals surface area contributed by atoms with Crippen LogP contribution >= 0.6 is 0 Å². The smallest absolute Gasteiger partial charge is 0.244 e. The SMILES string of the molecule is CC[C@H](C(=O)NCc1ccco1)N(c1ccc(C)cc1)S(C)(=O)=O. The van der Waals surface area contributed by atoms with E-state index < -0.39 is 16.1 Å². The highest BCUT2D eigenvalue weighted by atomic mass is 32.2. The average Bonchev–Trinajstić information content (AvgIpc) is 3.03. The van der Waals surface area contributed by atoms with Gasteiger partial charge in [0, 0.05) is 0 Å². The summed E-state index contributed by atoms with van der Waals surface area (Å²) in [5.41, 5.74) is 1.49. The Hall–Kier alpha value is -2.28. The minimum Gasteiger partial charge on any atom is -0.467 e. The zero-order chi connectivity index (χ0) is 17.7. The van der Waals surface area contributed by atoms with Crippen molar-refractivity contribution in [2.24, 2.45) is 0 Å². The van der Waals surface area contributed by atoms with Crippen LogP contribution in [0.15, 0.2) is 47.1 Å². The van der Waals surface area contributed by atoms with Crippen molar-refractivity contribution in [2.75, 3.05) is 10.6 Å². The van der Waals surface area contributed by atoms with Crippen molar-refractivity contribution in [1.82, 2.24) is 5.32 Å². The van der Waals surface area contributed by atoms with Crippen LogP contribution in [0.3, 0.4) is 0 Å². The second-order valence-corrected chi connectivity index (χ2v) is 7.48. The Bertz CT molecular complexity index is 767. The van der Waals surface area contributed by atoms with Gasteiger partial charge in [-0.3, -0.25) is 9.10 Å². The van der Waals surface area contributed by atoms with Crippen LogP contribution < -0.4 is 9.62 Å². The Labute approximate surface area is 142 Å². The fraction of sp³-hybridized carbons (Fsp3) is 0.353. The van der Waals surface area contributed by atoms with Gasteiger partial charge in [-0.1, -0.05) is 24.6 Å². The number of hydrogen-bond acceptors (Lipinski definition) is 4. The lowest BCUT2D eigenvalue weighted by atomic mass is 10.1. The molecule has 0 aliphatic heterocycles. The van der Waals surface area contributed by atoms with Gasteiger partial charge in [-0.05, 0) is 37.6 Å². The van der Waals surface area contributed by atoms with Gasteiger partial charge in [-0.25, -0.2) is 8.42 Å². The molecule has 0 bridgehead atoms. The number of sulfonamides is 1. The van der Waals surface area contributed by atoms with E-state index in [0.29, 0.717) is 17.9 Å².